The van der Waals surface area contributed by atoms with Crippen molar-refractivity contribution in [2.75, 3.05) is 37.6 Å². The molecule has 0 aromatic carbocycles. The first-order chi connectivity index (χ1) is 10.1. The van der Waals surface area contributed by atoms with Gasteiger partial charge in [0, 0.05) is 44.5 Å². The Hall–Kier alpha value is -1.69. The lowest BCUT2D eigenvalue weighted by Crippen LogP contribution is -2.52. The molecule has 1 aromatic rings. The standard InChI is InChI=1S/C15H23N5O/c1-11-10-14(18-12(2)17-11)20-7-3-4-13(20)15(21)19-8-5-16-6-9-19/h10,13,16H,3-9H2,1-2H3. The third kappa shape index (κ3) is 3.00. The number of piperazine rings is 1. The number of aryl methyl sites for hydroxylation is 2. The average Bonchev–Trinajstić information content (AvgIpc) is 2.96. The van der Waals surface area contributed by atoms with E-state index in [9.17, 15) is 4.79 Å². The monoisotopic (exact) mass is 289 g/mol. The van der Waals surface area contributed by atoms with Crippen molar-refractivity contribution in [2.24, 2.45) is 0 Å². The van der Waals surface area contributed by atoms with Crippen LogP contribution in [0.1, 0.15) is 24.4 Å². The molecule has 6 heteroatoms. The van der Waals surface area contributed by atoms with E-state index in [0.29, 0.717) is 0 Å². The number of hydrogen-bond donors (Lipinski definition) is 1. The van der Waals surface area contributed by atoms with Crippen LogP contribution in [-0.4, -0.2) is 59.5 Å². The normalized spacial score (nSPS) is 22.7. The predicted octanol–water partition coefficient (Wildman–Crippen LogP) is 0.494. The van der Waals surface area contributed by atoms with Crippen molar-refractivity contribution >= 4 is 11.7 Å². The van der Waals surface area contributed by atoms with E-state index in [1.165, 1.54) is 0 Å². The molecule has 6 nitrogen and oxygen atoms in total. The molecule has 0 radical (unpaired) electrons. The molecule has 0 saturated carbocycles. The molecule has 2 aliphatic rings. The first-order valence-electron chi connectivity index (χ1n) is 7.73. The van der Waals surface area contributed by atoms with Gasteiger partial charge < -0.3 is 15.1 Å². The van der Waals surface area contributed by atoms with E-state index in [0.717, 1.165) is 62.9 Å². The predicted molar refractivity (Wildman–Crippen MR) is 81.3 cm³/mol. The maximum atomic E-state index is 12.8. The number of rotatable bonds is 2. The van der Waals surface area contributed by atoms with Crippen LogP contribution in [0.3, 0.4) is 0 Å². The second-order valence-electron chi connectivity index (χ2n) is 5.84. The van der Waals surface area contributed by atoms with Crippen molar-refractivity contribution in [1.82, 2.24) is 20.2 Å². The Morgan fingerprint density at radius 1 is 1.24 bits per heavy atom. The van der Waals surface area contributed by atoms with Crippen LogP contribution in [0.15, 0.2) is 6.07 Å². The minimum Gasteiger partial charge on any atom is -0.344 e. The summed E-state index contributed by atoms with van der Waals surface area (Å²) in [6.45, 7) is 8.18. The van der Waals surface area contributed by atoms with Crippen LogP contribution >= 0.6 is 0 Å². The molecule has 0 bridgehead atoms. The first-order valence-corrected chi connectivity index (χ1v) is 7.73. The fourth-order valence-corrected chi connectivity index (χ4v) is 3.24. The van der Waals surface area contributed by atoms with E-state index in [-0.39, 0.29) is 11.9 Å². The summed E-state index contributed by atoms with van der Waals surface area (Å²) >= 11 is 0. The summed E-state index contributed by atoms with van der Waals surface area (Å²) in [5.41, 5.74) is 0.956. The smallest absolute Gasteiger partial charge is 0.245 e. The minimum absolute atomic E-state index is 0.0585. The van der Waals surface area contributed by atoms with Gasteiger partial charge in [-0.3, -0.25) is 4.79 Å². The highest BCUT2D eigenvalue weighted by atomic mass is 16.2. The Balaban J connectivity index is 1.79. The number of amides is 1. The molecule has 2 aliphatic heterocycles. The molecular formula is C15H23N5O. The maximum Gasteiger partial charge on any atom is 0.245 e. The fraction of sp³-hybridized carbons (Fsp3) is 0.667. The van der Waals surface area contributed by atoms with Crippen LogP contribution in [0.25, 0.3) is 0 Å². The highest BCUT2D eigenvalue weighted by Crippen LogP contribution is 2.25. The van der Waals surface area contributed by atoms with Gasteiger partial charge in [0.25, 0.3) is 0 Å². The Morgan fingerprint density at radius 2 is 2.00 bits per heavy atom. The maximum absolute atomic E-state index is 12.8. The molecule has 0 spiro atoms. The van der Waals surface area contributed by atoms with Crippen molar-refractivity contribution in [1.29, 1.82) is 0 Å². The van der Waals surface area contributed by atoms with Gasteiger partial charge in [0.05, 0.1) is 0 Å². The summed E-state index contributed by atoms with van der Waals surface area (Å²) in [6.07, 6.45) is 1.97. The molecule has 3 rings (SSSR count). The minimum atomic E-state index is -0.0585. The summed E-state index contributed by atoms with van der Waals surface area (Å²) in [4.78, 5) is 25.8. The topological polar surface area (TPSA) is 61.4 Å². The molecule has 0 aliphatic carbocycles. The van der Waals surface area contributed by atoms with Gasteiger partial charge in [-0.15, -0.1) is 0 Å². The van der Waals surface area contributed by atoms with Crippen LogP contribution in [0, 0.1) is 13.8 Å². The molecule has 1 unspecified atom stereocenters. The highest BCUT2D eigenvalue weighted by Gasteiger charge is 2.35. The first kappa shape index (κ1) is 14.3. The fourth-order valence-electron chi connectivity index (χ4n) is 3.24. The Morgan fingerprint density at radius 3 is 2.71 bits per heavy atom. The molecule has 2 saturated heterocycles. The summed E-state index contributed by atoms with van der Waals surface area (Å²) in [5.74, 6) is 1.92. The molecule has 2 fully saturated rings. The number of carbonyl (C=O) groups is 1. The Bertz CT molecular complexity index is 507. The van der Waals surface area contributed by atoms with Crippen molar-refractivity contribution in [2.45, 2.75) is 32.7 Å². The summed E-state index contributed by atoms with van der Waals surface area (Å²) < 4.78 is 0. The van der Waals surface area contributed by atoms with Crippen LogP contribution in [0.2, 0.25) is 0 Å². The van der Waals surface area contributed by atoms with Gasteiger partial charge in [0.1, 0.15) is 17.7 Å². The van der Waals surface area contributed by atoms with Crippen molar-refractivity contribution in [3.8, 4) is 0 Å². The zero-order valence-corrected chi connectivity index (χ0v) is 12.8. The van der Waals surface area contributed by atoms with Gasteiger partial charge in [-0.1, -0.05) is 0 Å². The zero-order chi connectivity index (χ0) is 14.8. The molecule has 1 N–H and O–H groups in total. The molecule has 1 atom stereocenters. The molecule has 114 valence electrons. The van der Waals surface area contributed by atoms with Gasteiger partial charge in [0.15, 0.2) is 0 Å². The lowest BCUT2D eigenvalue weighted by atomic mass is 10.1. The van der Waals surface area contributed by atoms with E-state index in [4.69, 9.17) is 0 Å². The van der Waals surface area contributed by atoms with Gasteiger partial charge in [-0.05, 0) is 26.7 Å². The van der Waals surface area contributed by atoms with Crippen LogP contribution < -0.4 is 10.2 Å². The van der Waals surface area contributed by atoms with Gasteiger partial charge in [-0.25, -0.2) is 9.97 Å². The largest absolute Gasteiger partial charge is 0.344 e. The lowest BCUT2D eigenvalue weighted by molar-refractivity contribution is -0.133. The number of nitrogens with zero attached hydrogens (tertiary/aromatic N) is 4. The Labute approximate surface area is 125 Å². The number of nitrogens with one attached hydrogen (secondary N) is 1. The SMILES string of the molecule is Cc1cc(N2CCCC2C(=O)N2CCNCC2)nc(C)n1. The van der Waals surface area contributed by atoms with Gasteiger partial charge in [-0.2, -0.15) is 0 Å². The third-order valence-electron chi connectivity index (χ3n) is 4.21. The summed E-state index contributed by atoms with van der Waals surface area (Å²) in [6, 6.07) is 1.92. The second-order valence-corrected chi connectivity index (χ2v) is 5.84. The second kappa shape index (κ2) is 5.97. The summed E-state index contributed by atoms with van der Waals surface area (Å²) in [5, 5.41) is 3.29. The number of carbonyl (C=O) groups excluding carboxylic acids is 1. The highest BCUT2D eigenvalue weighted by molar-refractivity contribution is 5.85. The number of hydrogen-bond acceptors (Lipinski definition) is 5. The molecular weight excluding hydrogens is 266 g/mol. The van der Waals surface area contributed by atoms with Crippen LogP contribution in [0.5, 0.6) is 0 Å². The van der Waals surface area contributed by atoms with Crippen LogP contribution in [-0.2, 0) is 4.79 Å². The van der Waals surface area contributed by atoms with Crippen molar-refractivity contribution < 1.29 is 4.79 Å². The van der Waals surface area contributed by atoms with E-state index >= 15 is 0 Å². The molecule has 1 amide bonds. The lowest BCUT2D eigenvalue weighted by Gasteiger charge is -2.33. The quantitative estimate of drug-likeness (QED) is 0.859. The van der Waals surface area contributed by atoms with Gasteiger partial charge >= 0.3 is 0 Å². The summed E-state index contributed by atoms with van der Waals surface area (Å²) in [7, 11) is 0. The Kier molecular flexibility index (Phi) is 4.05. The van der Waals surface area contributed by atoms with E-state index in [1.54, 1.807) is 0 Å². The third-order valence-corrected chi connectivity index (χ3v) is 4.21. The van der Waals surface area contributed by atoms with E-state index in [1.807, 2.05) is 24.8 Å². The van der Waals surface area contributed by atoms with Crippen molar-refractivity contribution in [3.63, 3.8) is 0 Å². The average molecular weight is 289 g/mol. The van der Waals surface area contributed by atoms with E-state index in [2.05, 4.69) is 20.2 Å². The van der Waals surface area contributed by atoms with E-state index < -0.39 is 0 Å². The molecule has 1 aromatic heterocycles. The molecule has 3 heterocycles. The van der Waals surface area contributed by atoms with Crippen molar-refractivity contribution in [3.05, 3.63) is 17.6 Å². The van der Waals surface area contributed by atoms with Crippen LogP contribution in [0.4, 0.5) is 5.82 Å². The number of aromatic nitrogens is 2. The zero-order valence-electron chi connectivity index (χ0n) is 12.8. The molecule has 21 heavy (non-hydrogen) atoms. The number of anilines is 1. The van der Waals surface area contributed by atoms with Gasteiger partial charge in [0.2, 0.25) is 5.91 Å².